The summed E-state index contributed by atoms with van der Waals surface area (Å²) in [6, 6.07) is 9.72. The lowest BCUT2D eigenvalue weighted by atomic mass is 10.2. The summed E-state index contributed by atoms with van der Waals surface area (Å²) in [5.74, 6) is -0.127. The quantitative estimate of drug-likeness (QED) is 0.806. The van der Waals surface area contributed by atoms with E-state index in [1.807, 2.05) is 36.6 Å². The summed E-state index contributed by atoms with van der Waals surface area (Å²) in [5.41, 5.74) is 3.34. The number of nitrogens with zero attached hydrogens (tertiary/aromatic N) is 3. The molecular weight excluding hydrogens is 296 g/mol. The van der Waals surface area contributed by atoms with Gasteiger partial charge < -0.3 is 5.32 Å². The number of aryl methyl sites for hydroxylation is 2. The van der Waals surface area contributed by atoms with Crippen molar-refractivity contribution in [2.45, 2.75) is 13.5 Å². The molecule has 1 amide bonds. The zero-order valence-corrected chi connectivity index (χ0v) is 13.2. The first-order valence-corrected chi connectivity index (χ1v) is 7.79. The van der Waals surface area contributed by atoms with Crippen LogP contribution < -0.4 is 5.32 Å². The van der Waals surface area contributed by atoms with Gasteiger partial charge in [0.05, 0.1) is 16.3 Å². The minimum Gasteiger partial charge on any atom is -0.347 e. The predicted octanol–water partition coefficient (Wildman–Crippen LogP) is 2.78. The second kappa shape index (κ2) is 6.11. The number of aromatic nitrogens is 3. The van der Waals surface area contributed by atoms with E-state index in [4.69, 9.17) is 0 Å². The molecule has 1 N–H and O–H groups in total. The van der Waals surface area contributed by atoms with Crippen molar-refractivity contribution in [3.63, 3.8) is 0 Å². The van der Waals surface area contributed by atoms with Crippen molar-refractivity contribution in [3.05, 3.63) is 58.9 Å². The van der Waals surface area contributed by atoms with Crippen molar-refractivity contribution in [3.8, 4) is 10.6 Å². The first-order chi connectivity index (χ1) is 10.6. The Morgan fingerprint density at radius 2 is 2.23 bits per heavy atom. The first-order valence-electron chi connectivity index (χ1n) is 6.91. The molecule has 5 nitrogen and oxygen atoms in total. The molecule has 0 saturated carbocycles. The smallest absolute Gasteiger partial charge is 0.269 e. The Kier molecular flexibility index (Phi) is 4.02. The van der Waals surface area contributed by atoms with Gasteiger partial charge in [-0.2, -0.15) is 5.10 Å². The molecule has 0 aliphatic rings. The van der Waals surface area contributed by atoms with Crippen LogP contribution in [0.5, 0.6) is 0 Å². The summed E-state index contributed by atoms with van der Waals surface area (Å²) in [7, 11) is 1.77. The highest BCUT2D eigenvalue weighted by Gasteiger charge is 2.11. The third kappa shape index (κ3) is 3.07. The van der Waals surface area contributed by atoms with E-state index in [1.165, 1.54) is 0 Å². The molecular formula is C16H16N4OS. The second-order valence-corrected chi connectivity index (χ2v) is 5.95. The average molecular weight is 312 g/mol. The Morgan fingerprint density at radius 1 is 1.36 bits per heavy atom. The fourth-order valence-electron chi connectivity index (χ4n) is 2.24. The van der Waals surface area contributed by atoms with E-state index in [2.05, 4.69) is 15.4 Å². The summed E-state index contributed by atoms with van der Waals surface area (Å²) in [6.45, 7) is 2.33. The lowest BCUT2D eigenvalue weighted by molar-refractivity contribution is 0.0941. The summed E-state index contributed by atoms with van der Waals surface area (Å²) in [5, 5.41) is 9.12. The van der Waals surface area contributed by atoms with Gasteiger partial charge in [0, 0.05) is 19.8 Å². The first kappa shape index (κ1) is 14.5. The van der Waals surface area contributed by atoms with Crippen molar-refractivity contribution in [1.82, 2.24) is 20.1 Å². The summed E-state index contributed by atoms with van der Waals surface area (Å²) >= 11 is 1.65. The van der Waals surface area contributed by atoms with Crippen LogP contribution >= 0.6 is 11.3 Å². The Bertz CT molecular complexity index is 792. The molecule has 22 heavy (non-hydrogen) atoms. The second-order valence-electron chi connectivity index (χ2n) is 5.00. The fraction of sp³-hybridized carbons (Fsp3) is 0.188. The molecule has 0 bridgehead atoms. The molecule has 0 radical (unpaired) electrons. The number of pyridine rings is 1. The zero-order chi connectivity index (χ0) is 15.5. The number of thiophene rings is 1. The maximum absolute atomic E-state index is 12.2. The van der Waals surface area contributed by atoms with Crippen molar-refractivity contribution < 1.29 is 4.79 Å². The van der Waals surface area contributed by atoms with Crippen LogP contribution in [0, 0.1) is 6.92 Å². The molecule has 0 unspecified atom stereocenters. The molecule has 0 aromatic carbocycles. The van der Waals surface area contributed by atoms with Crippen LogP contribution in [0.4, 0.5) is 0 Å². The van der Waals surface area contributed by atoms with Gasteiger partial charge in [0.1, 0.15) is 5.69 Å². The van der Waals surface area contributed by atoms with Crippen molar-refractivity contribution in [2.75, 3.05) is 0 Å². The highest BCUT2D eigenvalue weighted by molar-refractivity contribution is 7.13. The van der Waals surface area contributed by atoms with Crippen LogP contribution in [0.1, 0.15) is 21.7 Å². The Hall–Kier alpha value is -2.47. The molecule has 0 fully saturated rings. The summed E-state index contributed by atoms with van der Waals surface area (Å²) in [6.07, 6.45) is 1.77. The largest absolute Gasteiger partial charge is 0.347 e. The number of hydrogen-bond donors (Lipinski definition) is 1. The number of nitrogens with one attached hydrogen (secondary N) is 1. The Morgan fingerprint density at radius 3 is 2.91 bits per heavy atom. The third-order valence-corrected chi connectivity index (χ3v) is 4.18. The van der Waals surface area contributed by atoms with Gasteiger partial charge in [0.15, 0.2) is 0 Å². The minimum atomic E-state index is -0.127. The van der Waals surface area contributed by atoms with Gasteiger partial charge in [-0.1, -0.05) is 6.07 Å². The Labute approximate surface area is 132 Å². The zero-order valence-electron chi connectivity index (χ0n) is 12.4. The lowest BCUT2D eigenvalue weighted by Gasteiger charge is -2.06. The minimum absolute atomic E-state index is 0.127. The molecule has 0 spiro atoms. The van der Waals surface area contributed by atoms with E-state index in [9.17, 15) is 4.79 Å². The monoisotopic (exact) mass is 312 g/mol. The van der Waals surface area contributed by atoms with Crippen LogP contribution in [0.15, 0.2) is 41.9 Å². The van der Waals surface area contributed by atoms with Gasteiger partial charge in [0.25, 0.3) is 5.91 Å². The highest BCUT2D eigenvalue weighted by Crippen LogP contribution is 2.22. The van der Waals surface area contributed by atoms with Crippen molar-refractivity contribution in [2.24, 2.45) is 7.05 Å². The Balaban J connectivity index is 1.70. The van der Waals surface area contributed by atoms with Gasteiger partial charge >= 0.3 is 0 Å². The van der Waals surface area contributed by atoms with Gasteiger partial charge in [0.2, 0.25) is 0 Å². The van der Waals surface area contributed by atoms with Gasteiger partial charge in [-0.15, -0.1) is 11.3 Å². The highest BCUT2D eigenvalue weighted by atomic mass is 32.1. The molecule has 6 heteroatoms. The maximum Gasteiger partial charge on any atom is 0.269 e. The van der Waals surface area contributed by atoms with E-state index in [0.717, 1.165) is 21.8 Å². The number of carbonyl (C=O) groups excluding carboxylic acids is 1. The van der Waals surface area contributed by atoms with Crippen molar-refractivity contribution >= 4 is 17.2 Å². The van der Waals surface area contributed by atoms with Crippen LogP contribution in [-0.2, 0) is 13.6 Å². The molecule has 0 saturated heterocycles. The van der Waals surface area contributed by atoms with Crippen LogP contribution in [0.2, 0.25) is 0 Å². The number of amides is 1. The van der Waals surface area contributed by atoms with Gasteiger partial charge in [-0.05, 0) is 42.1 Å². The molecule has 3 rings (SSSR count). The van der Waals surface area contributed by atoms with Crippen LogP contribution in [0.3, 0.4) is 0 Å². The fourth-order valence-corrected chi connectivity index (χ4v) is 2.93. The van der Waals surface area contributed by atoms with Gasteiger partial charge in [-0.25, -0.2) is 0 Å². The van der Waals surface area contributed by atoms with Crippen LogP contribution in [0.25, 0.3) is 10.6 Å². The lowest BCUT2D eigenvalue weighted by Crippen LogP contribution is -2.25. The molecule has 3 aromatic heterocycles. The molecule has 0 aliphatic heterocycles. The average Bonchev–Trinajstić information content (AvgIpc) is 3.15. The molecule has 0 aliphatic carbocycles. The summed E-state index contributed by atoms with van der Waals surface area (Å²) < 4.78 is 1.59. The van der Waals surface area contributed by atoms with E-state index < -0.39 is 0 Å². The van der Waals surface area contributed by atoms with Crippen molar-refractivity contribution in [1.29, 1.82) is 0 Å². The SMILES string of the molecule is Cc1cc(C(=O)NCc2ccnc(-c3cccs3)c2)n(C)n1. The number of hydrogen-bond acceptors (Lipinski definition) is 4. The van der Waals surface area contributed by atoms with E-state index in [0.29, 0.717) is 12.2 Å². The normalized spacial score (nSPS) is 10.6. The standard InChI is InChI=1S/C16H16N4OS/c1-11-8-14(20(2)19-11)16(21)18-10-12-5-6-17-13(9-12)15-4-3-7-22-15/h3-9H,10H2,1-2H3,(H,18,21). The van der Waals surface area contributed by atoms with Crippen LogP contribution in [-0.4, -0.2) is 20.7 Å². The number of carbonyl (C=O) groups is 1. The molecule has 112 valence electrons. The third-order valence-electron chi connectivity index (χ3n) is 3.29. The van der Waals surface area contributed by atoms with E-state index in [-0.39, 0.29) is 5.91 Å². The van der Waals surface area contributed by atoms with E-state index >= 15 is 0 Å². The summed E-state index contributed by atoms with van der Waals surface area (Å²) in [4.78, 5) is 17.7. The van der Waals surface area contributed by atoms with Gasteiger partial charge in [-0.3, -0.25) is 14.5 Å². The predicted molar refractivity (Wildman–Crippen MR) is 86.7 cm³/mol. The number of rotatable bonds is 4. The van der Waals surface area contributed by atoms with E-state index in [1.54, 1.807) is 35.3 Å². The molecule has 3 aromatic rings. The topological polar surface area (TPSA) is 59.8 Å². The molecule has 3 heterocycles. The maximum atomic E-state index is 12.2. The molecule has 0 atom stereocenters.